The molecule has 0 spiro atoms. The van der Waals surface area contributed by atoms with Gasteiger partial charge in [0.25, 0.3) is 16.2 Å². The minimum atomic E-state index is -4.15. The Morgan fingerprint density at radius 1 is 1.17 bits per heavy atom. The zero-order valence-corrected chi connectivity index (χ0v) is 22.0. The van der Waals surface area contributed by atoms with Crippen LogP contribution in [0, 0.1) is 5.92 Å². The van der Waals surface area contributed by atoms with Gasteiger partial charge in [0.1, 0.15) is 6.10 Å². The molecule has 0 N–H and O–H groups in total. The second kappa shape index (κ2) is 11.1. The van der Waals surface area contributed by atoms with Gasteiger partial charge in [-0.1, -0.05) is 53.5 Å². The summed E-state index contributed by atoms with van der Waals surface area (Å²) in [5.74, 6) is -0.125. The van der Waals surface area contributed by atoms with Crippen molar-refractivity contribution in [3.63, 3.8) is 0 Å². The summed E-state index contributed by atoms with van der Waals surface area (Å²) < 4.78 is 38.8. The average molecular weight is 543 g/mol. The molecule has 4 rings (SSSR count). The summed E-state index contributed by atoms with van der Waals surface area (Å²) in [6, 6.07) is 12.3. The molecule has 7 nitrogen and oxygen atoms in total. The Balaban J connectivity index is 1.51. The van der Waals surface area contributed by atoms with Gasteiger partial charge in [-0.2, -0.15) is 12.9 Å². The van der Waals surface area contributed by atoms with E-state index >= 15 is 3.89 Å². The van der Waals surface area contributed by atoms with Crippen LogP contribution in [-0.2, 0) is 15.0 Å². The Labute approximate surface area is 216 Å². The van der Waals surface area contributed by atoms with Crippen LogP contribution in [0.5, 0.6) is 0 Å². The number of amides is 1. The zero-order chi connectivity index (χ0) is 25.2. The fourth-order valence-electron chi connectivity index (χ4n) is 4.53. The first kappa shape index (κ1) is 26.3. The third-order valence-corrected chi connectivity index (χ3v) is 8.17. The number of carbonyl (C=O) groups excluding carboxylic acids is 1. The van der Waals surface area contributed by atoms with Crippen LogP contribution in [0.3, 0.4) is 0 Å². The predicted octanol–water partition coefficient (Wildman–Crippen LogP) is 4.99. The van der Waals surface area contributed by atoms with E-state index in [1.807, 2.05) is 49.3 Å². The van der Waals surface area contributed by atoms with Gasteiger partial charge in [-0.3, -0.25) is 4.79 Å². The maximum absolute atomic E-state index is 15.1. The van der Waals surface area contributed by atoms with Crippen LogP contribution in [0.15, 0.2) is 46.8 Å². The van der Waals surface area contributed by atoms with Gasteiger partial charge in [-0.05, 0) is 44.1 Å². The minimum Gasteiger partial charge on any atom is -0.370 e. The van der Waals surface area contributed by atoms with Crippen molar-refractivity contribution in [2.75, 3.05) is 53.4 Å². The Morgan fingerprint density at radius 2 is 1.86 bits per heavy atom. The summed E-state index contributed by atoms with van der Waals surface area (Å²) in [6.07, 6.45) is 0.487. The number of halogens is 3. The van der Waals surface area contributed by atoms with E-state index in [0.717, 1.165) is 18.5 Å². The third kappa shape index (κ3) is 6.34. The lowest BCUT2D eigenvalue weighted by Gasteiger charge is -2.33. The summed E-state index contributed by atoms with van der Waals surface area (Å²) in [6.45, 7) is 2.62. The second-order valence-electron chi connectivity index (χ2n) is 9.13. The topological polar surface area (TPSA) is 65.5 Å². The predicted molar refractivity (Wildman–Crippen MR) is 137 cm³/mol. The van der Waals surface area contributed by atoms with Crippen LogP contribution < -0.4 is 0 Å². The quantitative estimate of drug-likeness (QED) is 0.482. The number of hydrogen-bond donors (Lipinski definition) is 0. The molecule has 190 valence electrons. The second-order valence-corrected chi connectivity index (χ2v) is 11.5. The molecule has 2 aliphatic heterocycles. The van der Waals surface area contributed by atoms with E-state index in [0.29, 0.717) is 32.8 Å². The number of carbonyl (C=O) groups is 1. The van der Waals surface area contributed by atoms with E-state index in [1.54, 1.807) is 4.90 Å². The van der Waals surface area contributed by atoms with Crippen LogP contribution in [0.1, 0.15) is 28.4 Å². The van der Waals surface area contributed by atoms with E-state index in [2.05, 4.69) is 4.36 Å². The van der Waals surface area contributed by atoms with Crippen molar-refractivity contribution in [2.45, 2.75) is 12.5 Å². The standard InChI is InChI=1S/C24H29Cl2FN4O3S/c1-29(2)14-17-8-9-31(15-17)35(27,33)28-19-12-20(25)23(21(26)13-19)24(32)30-10-11-34-22(16-30)18-6-4-3-5-7-18/h3-7,12-13,17,22H,8-11,14-16H2,1-2H3/t17?,22-,35?/m1/s1. The molecule has 2 heterocycles. The molecule has 0 bridgehead atoms. The first-order valence-electron chi connectivity index (χ1n) is 11.5. The molecule has 2 aromatic rings. The molecular formula is C24H29Cl2FN4O3S. The van der Waals surface area contributed by atoms with Crippen molar-refractivity contribution in [3.8, 4) is 0 Å². The number of nitrogens with zero attached hydrogens (tertiary/aromatic N) is 4. The highest BCUT2D eigenvalue weighted by atomic mass is 35.5. The molecule has 0 radical (unpaired) electrons. The Morgan fingerprint density at radius 3 is 2.51 bits per heavy atom. The summed E-state index contributed by atoms with van der Waals surface area (Å²) in [7, 11) is -0.247. The van der Waals surface area contributed by atoms with Gasteiger partial charge < -0.3 is 14.5 Å². The molecule has 3 atom stereocenters. The minimum absolute atomic E-state index is 0.0317. The van der Waals surface area contributed by atoms with Crippen molar-refractivity contribution in [1.82, 2.24) is 14.1 Å². The third-order valence-electron chi connectivity index (χ3n) is 6.17. The number of benzene rings is 2. The van der Waals surface area contributed by atoms with Gasteiger partial charge >= 0.3 is 0 Å². The van der Waals surface area contributed by atoms with Gasteiger partial charge in [0, 0.05) is 26.2 Å². The van der Waals surface area contributed by atoms with Gasteiger partial charge in [-0.25, -0.2) is 0 Å². The fraction of sp³-hybridized carbons (Fsp3) is 0.458. The Bertz CT molecular complexity index is 1170. The van der Waals surface area contributed by atoms with Crippen LogP contribution >= 0.6 is 23.2 Å². The monoisotopic (exact) mass is 542 g/mol. The highest BCUT2D eigenvalue weighted by Crippen LogP contribution is 2.34. The van der Waals surface area contributed by atoms with Crippen LogP contribution in [0.4, 0.5) is 9.57 Å². The zero-order valence-electron chi connectivity index (χ0n) is 19.7. The van der Waals surface area contributed by atoms with E-state index in [1.165, 1.54) is 16.4 Å². The summed E-state index contributed by atoms with van der Waals surface area (Å²) >= 11 is 12.8. The summed E-state index contributed by atoms with van der Waals surface area (Å²) in [4.78, 5) is 16.9. The first-order chi connectivity index (χ1) is 16.6. The molecule has 2 fully saturated rings. The van der Waals surface area contributed by atoms with Crippen LogP contribution in [-0.4, -0.2) is 77.6 Å². The van der Waals surface area contributed by atoms with E-state index < -0.39 is 10.3 Å². The number of hydrogen-bond acceptors (Lipinski definition) is 5. The summed E-state index contributed by atoms with van der Waals surface area (Å²) in [5, 5.41) is 0.0669. The van der Waals surface area contributed by atoms with Crippen molar-refractivity contribution < 1.29 is 17.6 Å². The van der Waals surface area contributed by atoms with Crippen LogP contribution in [0.2, 0.25) is 10.0 Å². The molecule has 11 heteroatoms. The Hall–Kier alpha value is -1.75. The highest BCUT2D eigenvalue weighted by molar-refractivity contribution is 7.86. The smallest absolute Gasteiger partial charge is 0.275 e. The Kier molecular flexibility index (Phi) is 8.35. The fourth-order valence-corrected chi connectivity index (χ4v) is 6.38. The van der Waals surface area contributed by atoms with Crippen LogP contribution in [0.25, 0.3) is 0 Å². The first-order valence-corrected chi connectivity index (χ1v) is 13.6. The lowest BCUT2D eigenvalue weighted by atomic mass is 10.1. The molecule has 0 aromatic heterocycles. The van der Waals surface area contributed by atoms with Gasteiger partial charge in [0.2, 0.25) is 0 Å². The number of rotatable bonds is 6. The van der Waals surface area contributed by atoms with E-state index in [9.17, 15) is 9.00 Å². The van der Waals surface area contributed by atoms with Crippen molar-refractivity contribution in [2.24, 2.45) is 10.3 Å². The normalized spacial score (nSPS) is 22.9. The highest BCUT2D eigenvalue weighted by Gasteiger charge is 2.32. The van der Waals surface area contributed by atoms with Crippen molar-refractivity contribution in [3.05, 3.63) is 63.6 Å². The maximum Gasteiger partial charge on any atom is 0.275 e. The van der Waals surface area contributed by atoms with Gasteiger partial charge in [0.05, 0.1) is 34.4 Å². The van der Waals surface area contributed by atoms with Gasteiger partial charge in [-0.15, -0.1) is 3.89 Å². The van der Waals surface area contributed by atoms with Crippen molar-refractivity contribution >= 4 is 45.1 Å². The molecule has 35 heavy (non-hydrogen) atoms. The average Bonchev–Trinajstić information content (AvgIpc) is 3.28. The number of ether oxygens (including phenoxy) is 1. The lowest BCUT2D eigenvalue weighted by molar-refractivity contribution is -0.0228. The molecule has 2 aromatic carbocycles. The maximum atomic E-state index is 15.1. The molecule has 1 amide bonds. The van der Waals surface area contributed by atoms with E-state index in [-0.39, 0.29) is 39.2 Å². The molecule has 0 saturated carbocycles. The van der Waals surface area contributed by atoms with Gasteiger partial charge in [0.15, 0.2) is 0 Å². The lowest BCUT2D eigenvalue weighted by Crippen LogP contribution is -2.42. The van der Waals surface area contributed by atoms with Crippen molar-refractivity contribution in [1.29, 1.82) is 0 Å². The molecule has 0 aliphatic carbocycles. The van der Waals surface area contributed by atoms with E-state index in [4.69, 9.17) is 27.9 Å². The summed E-state index contributed by atoms with van der Waals surface area (Å²) in [5.41, 5.74) is 1.12. The molecule has 2 saturated heterocycles. The molecule has 2 unspecified atom stereocenters. The SMILES string of the molecule is CN(C)CC1CCN(S(=O)(F)=Nc2cc(Cl)c(C(=O)N3CCO[C@@H](c4ccccc4)C3)c(Cl)c2)C1. The largest absolute Gasteiger partial charge is 0.370 e. The molecular weight excluding hydrogens is 514 g/mol. The number of morpholine rings is 1. The molecule has 2 aliphatic rings.